The molecule has 1 saturated heterocycles. The van der Waals surface area contributed by atoms with Crippen LogP contribution < -0.4 is 10.5 Å². The number of rotatable bonds is 4. The molecular formula is C24H22ClFN4O2. The minimum Gasteiger partial charge on any atom is -0.365 e. The van der Waals surface area contributed by atoms with E-state index in [-0.39, 0.29) is 22.3 Å². The minimum atomic E-state index is -0.523. The van der Waals surface area contributed by atoms with Gasteiger partial charge in [-0.25, -0.2) is 4.39 Å². The average molecular weight is 453 g/mol. The Balaban J connectivity index is 1.30. The number of carbonyl (C=O) groups is 1. The van der Waals surface area contributed by atoms with Crippen LogP contribution >= 0.6 is 11.6 Å². The van der Waals surface area contributed by atoms with Crippen LogP contribution in [0.1, 0.15) is 18.4 Å². The highest BCUT2D eigenvalue weighted by Crippen LogP contribution is 2.49. The number of piperazine rings is 1. The Morgan fingerprint density at radius 2 is 1.62 bits per heavy atom. The van der Waals surface area contributed by atoms with Crippen LogP contribution in [0.4, 0.5) is 10.1 Å². The summed E-state index contributed by atoms with van der Waals surface area (Å²) in [5, 5.41) is 4.42. The van der Waals surface area contributed by atoms with Crippen LogP contribution in [0.25, 0.3) is 5.69 Å². The maximum Gasteiger partial charge on any atom is 0.292 e. The van der Waals surface area contributed by atoms with E-state index >= 15 is 0 Å². The second kappa shape index (κ2) is 8.06. The first-order valence-electron chi connectivity index (χ1n) is 10.6. The van der Waals surface area contributed by atoms with Gasteiger partial charge in [0.15, 0.2) is 0 Å². The van der Waals surface area contributed by atoms with Crippen molar-refractivity contribution < 1.29 is 9.18 Å². The van der Waals surface area contributed by atoms with Crippen LogP contribution in [0.3, 0.4) is 0 Å². The third kappa shape index (κ3) is 3.56. The molecule has 1 saturated carbocycles. The van der Waals surface area contributed by atoms with E-state index in [9.17, 15) is 14.0 Å². The number of nitrogens with zero attached hydrogens (tertiary/aromatic N) is 4. The van der Waals surface area contributed by atoms with Gasteiger partial charge in [0.1, 0.15) is 10.8 Å². The highest BCUT2D eigenvalue weighted by Gasteiger charge is 2.53. The fourth-order valence-electron chi connectivity index (χ4n) is 4.37. The lowest BCUT2D eigenvalue weighted by Gasteiger charge is -2.38. The molecule has 6 nitrogen and oxygen atoms in total. The molecule has 164 valence electrons. The first-order valence-corrected chi connectivity index (χ1v) is 11.0. The fraction of sp³-hybridized carbons (Fsp3) is 0.292. The second-order valence-electron chi connectivity index (χ2n) is 8.26. The van der Waals surface area contributed by atoms with E-state index in [0.717, 1.165) is 18.4 Å². The number of carbonyl (C=O) groups excluding carboxylic acids is 1. The molecule has 1 aliphatic heterocycles. The van der Waals surface area contributed by atoms with Crippen molar-refractivity contribution in [2.24, 2.45) is 0 Å². The normalized spacial score (nSPS) is 17.3. The van der Waals surface area contributed by atoms with Crippen molar-refractivity contribution in [3.63, 3.8) is 0 Å². The van der Waals surface area contributed by atoms with Crippen LogP contribution in [0.5, 0.6) is 0 Å². The number of benzene rings is 2. The number of anilines is 1. The Hall–Kier alpha value is -3.19. The molecule has 0 spiro atoms. The maximum absolute atomic E-state index is 13.3. The van der Waals surface area contributed by atoms with Gasteiger partial charge in [0, 0.05) is 26.2 Å². The molecule has 2 aliphatic rings. The van der Waals surface area contributed by atoms with Crippen LogP contribution in [-0.2, 0) is 10.2 Å². The highest BCUT2D eigenvalue weighted by molar-refractivity contribution is 6.33. The summed E-state index contributed by atoms with van der Waals surface area (Å²) in [5.74, 6) is -0.210. The van der Waals surface area contributed by atoms with Gasteiger partial charge in [-0.15, -0.1) is 0 Å². The van der Waals surface area contributed by atoms with E-state index in [1.165, 1.54) is 16.8 Å². The van der Waals surface area contributed by atoms with E-state index in [0.29, 0.717) is 37.6 Å². The molecule has 0 bridgehead atoms. The molecule has 2 aromatic carbocycles. The Morgan fingerprint density at radius 3 is 2.25 bits per heavy atom. The third-order valence-electron chi connectivity index (χ3n) is 6.37. The molecule has 3 aromatic rings. The molecule has 0 unspecified atom stereocenters. The van der Waals surface area contributed by atoms with E-state index in [4.69, 9.17) is 11.6 Å². The van der Waals surface area contributed by atoms with Crippen molar-refractivity contribution in [2.75, 3.05) is 31.1 Å². The molecule has 0 radical (unpaired) electrons. The maximum atomic E-state index is 13.3. The Morgan fingerprint density at radius 1 is 0.969 bits per heavy atom. The summed E-state index contributed by atoms with van der Waals surface area (Å²) in [4.78, 5) is 29.9. The van der Waals surface area contributed by atoms with Gasteiger partial charge < -0.3 is 9.80 Å². The largest absolute Gasteiger partial charge is 0.365 e. The zero-order chi connectivity index (χ0) is 22.3. The third-order valence-corrected chi connectivity index (χ3v) is 6.72. The predicted molar refractivity (Wildman–Crippen MR) is 121 cm³/mol. The standard InChI is InChI=1S/C24H22ClFN4O2/c25-21-20(16-27-30(22(21)31)19-4-2-1-3-5-19)28-12-14-29(15-13-28)23(32)24(10-11-24)17-6-8-18(26)9-7-17/h1-9,16H,10-15H2. The number of amides is 1. The second-order valence-corrected chi connectivity index (χ2v) is 8.64. The van der Waals surface area contributed by atoms with Crippen molar-refractivity contribution in [2.45, 2.75) is 18.3 Å². The summed E-state index contributed by atoms with van der Waals surface area (Å²) >= 11 is 6.43. The van der Waals surface area contributed by atoms with Crippen LogP contribution in [0.2, 0.25) is 5.02 Å². The molecule has 0 atom stereocenters. The zero-order valence-electron chi connectivity index (χ0n) is 17.4. The van der Waals surface area contributed by atoms with Crippen LogP contribution in [-0.4, -0.2) is 46.8 Å². The summed E-state index contributed by atoms with van der Waals surface area (Å²) < 4.78 is 14.6. The van der Waals surface area contributed by atoms with Gasteiger partial charge in [-0.1, -0.05) is 41.9 Å². The lowest BCUT2D eigenvalue weighted by Crippen LogP contribution is -2.52. The SMILES string of the molecule is O=C(N1CCN(c2cnn(-c3ccccc3)c(=O)c2Cl)CC1)C1(c2ccc(F)cc2)CC1. The molecule has 1 aliphatic carbocycles. The summed E-state index contributed by atoms with van der Waals surface area (Å²) in [7, 11) is 0. The lowest BCUT2D eigenvalue weighted by molar-refractivity contribution is -0.134. The van der Waals surface area contributed by atoms with Gasteiger partial charge in [0.2, 0.25) is 5.91 Å². The minimum absolute atomic E-state index is 0.0903. The molecule has 5 rings (SSSR count). The molecule has 1 aromatic heterocycles. The van der Waals surface area contributed by atoms with E-state index in [1.54, 1.807) is 30.5 Å². The fourth-order valence-corrected chi connectivity index (χ4v) is 4.62. The van der Waals surface area contributed by atoms with Gasteiger partial charge in [-0.3, -0.25) is 9.59 Å². The average Bonchev–Trinajstić information content (AvgIpc) is 3.64. The Labute approximate surface area is 189 Å². The molecule has 2 heterocycles. The van der Waals surface area contributed by atoms with Crippen molar-refractivity contribution in [3.8, 4) is 5.69 Å². The van der Waals surface area contributed by atoms with Crippen LogP contribution in [0.15, 0.2) is 65.6 Å². The summed E-state index contributed by atoms with van der Waals surface area (Å²) in [5.41, 5.74) is 1.21. The number of aromatic nitrogens is 2. The molecule has 8 heteroatoms. The summed E-state index contributed by atoms with van der Waals surface area (Å²) in [6.07, 6.45) is 3.17. The van der Waals surface area contributed by atoms with Gasteiger partial charge >= 0.3 is 0 Å². The molecule has 1 amide bonds. The van der Waals surface area contributed by atoms with Gasteiger partial charge in [-0.2, -0.15) is 9.78 Å². The molecular weight excluding hydrogens is 431 g/mol. The first kappa shape index (κ1) is 20.7. The number of para-hydroxylation sites is 1. The zero-order valence-corrected chi connectivity index (χ0v) is 18.1. The first-order chi connectivity index (χ1) is 15.5. The monoisotopic (exact) mass is 452 g/mol. The smallest absolute Gasteiger partial charge is 0.292 e. The number of halogens is 2. The van der Waals surface area contributed by atoms with E-state index in [1.807, 2.05) is 28.0 Å². The predicted octanol–water partition coefficient (Wildman–Crippen LogP) is 3.41. The number of hydrogen-bond acceptors (Lipinski definition) is 4. The lowest BCUT2D eigenvalue weighted by atomic mass is 9.94. The molecule has 0 N–H and O–H groups in total. The quantitative estimate of drug-likeness (QED) is 0.608. The Bertz CT molecular complexity index is 1200. The van der Waals surface area contributed by atoms with E-state index < -0.39 is 5.41 Å². The van der Waals surface area contributed by atoms with Crippen molar-refractivity contribution >= 4 is 23.2 Å². The van der Waals surface area contributed by atoms with Crippen LogP contribution in [0, 0.1) is 5.82 Å². The van der Waals surface area contributed by atoms with Crippen molar-refractivity contribution in [1.29, 1.82) is 0 Å². The summed E-state index contributed by atoms with van der Waals surface area (Å²) in [6, 6.07) is 15.4. The number of hydrogen-bond donors (Lipinski definition) is 0. The molecule has 32 heavy (non-hydrogen) atoms. The van der Waals surface area contributed by atoms with Crippen molar-refractivity contribution in [3.05, 3.63) is 87.6 Å². The topological polar surface area (TPSA) is 58.4 Å². The highest BCUT2D eigenvalue weighted by atomic mass is 35.5. The van der Waals surface area contributed by atoms with Gasteiger partial charge in [0.05, 0.1) is 23.0 Å². The van der Waals surface area contributed by atoms with Crippen molar-refractivity contribution in [1.82, 2.24) is 14.7 Å². The van der Waals surface area contributed by atoms with Gasteiger partial charge in [0.25, 0.3) is 5.56 Å². The summed E-state index contributed by atoms with van der Waals surface area (Å²) in [6.45, 7) is 2.17. The van der Waals surface area contributed by atoms with Gasteiger partial charge in [-0.05, 0) is 42.7 Å². The Kier molecular flexibility index (Phi) is 5.21. The molecule has 2 fully saturated rings. The van der Waals surface area contributed by atoms with E-state index in [2.05, 4.69) is 5.10 Å².